The molecular formula is C13H13ClN2O. The number of nitrogens with zero attached hydrogens (tertiary/aromatic N) is 1. The maximum atomic E-state index is 6.23. The third-order valence-electron chi connectivity index (χ3n) is 3.00. The van der Waals surface area contributed by atoms with Crippen LogP contribution in [-0.2, 0) is 4.74 Å². The van der Waals surface area contributed by atoms with Crippen LogP contribution in [0.4, 0.5) is 0 Å². The smallest absolute Gasteiger partial charge is 0.134 e. The number of ether oxygens (including phenoxy) is 1. The van der Waals surface area contributed by atoms with Gasteiger partial charge in [0.1, 0.15) is 5.15 Å². The Hall–Kier alpha value is -1.16. The zero-order chi connectivity index (χ0) is 11.7. The molecule has 1 fully saturated rings. The van der Waals surface area contributed by atoms with Gasteiger partial charge in [-0.05, 0) is 12.1 Å². The van der Waals surface area contributed by atoms with Crippen LogP contribution in [0.1, 0.15) is 11.6 Å². The molecule has 0 aliphatic carbocycles. The van der Waals surface area contributed by atoms with Gasteiger partial charge in [0.05, 0.1) is 24.8 Å². The van der Waals surface area contributed by atoms with Crippen molar-refractivity contribution in [2.75, 3.05) is 19.8 Å². The standard InChI is InChI=1S/C13H13ClN2O/c14-13-10(12-8-17-6-5-15-12)7-9-3-1-2-4-11(9)16-13/h1-4,7,12,15H,5-6,8H2/t12-/m0/s1. The van der Waals surface area contributed by atoms with E-state index in [0.717, 1.165) is 29.6 Å². The molecule has 0 bridgehead atoms. The Morgan fingerprint density at radius 1 is 1.35 bits per heavy atom. The van der Waals surface area contributed by atoms with E-state index in [0.29, 0.717) is 11.8 Å². The molecule has 1 aromatic heterocycles. The summed E-state index contributed by atoms with van der Waals surface area (Å²) >= 11 is 6.23. The van der Waals surface area contributed by atoms with Gasteiger partial charge in [-0.1, -0.05) is 29.8 Å². The van der Waals surface area contributed by atoms with E-state index in [2.05, 4.69) is 16.4 Å². The van der Waals surface area contributed by atoms with Gasteiger partial charge in [0, 0.05) is 17.5 Å². The van der Waals surface area contributed by atoms with Crippen molar-refractivity contribution >= 4 is 22.5 Å². The summed E-state index contributed by atoms with van der Waals surface area (Å²) in [6.45, 7) is 2.27. The molecule has 4 heteroatoms. The number of nitrogens with one attached hydrogen (secondary N) is 1. The van der Waals surface area contributed by atoms with Gasteiger partial charge in [0.25, 0.3) is 0 Å². The normalized spacial score (nSPS) is 20.6. The molecule has 88 valence electrons. The summed E-state index contributed by atoms with van der Waals surface area (Å²) in [5.41, 5.74) is 1.95. The van der Waals surface area contributed by atoms with Crippen LogP contribution >= 0.6 is 11.6 Å². The van der Waals surface area contributed by atoms with Crippen molar-refractivity contribution in [3.8, 4) is 0 Å². The second-order valence-electron chi connectivity index (χ2n) is 4.14. The van der Waals surface area contributed by atoms with E-state index in [4.69, 9.17) is 16.3 Å². The Balaban J connectivity index is 2.06. The predicted octanol–water partition coefficient (Wildman–Crippen LogP) is 2.55. The molecule has 3 nitrogen and oxygen atoms in total. The van der Waals surface area contributed by atoms with Gasteiger partial charge in [-0.15, -0.1) is 0 Å². The number of hydrogen-bond acceptors (Lipinski definition) is 3. The second kappa shape index (κ2) is 4.61. The molecule has 1 aromatic carbocycles. The Kier molecular flexibility index (Phi) is 2.97. The van der Waals surface area contributed by atoms with Crippen LogP contribution in [-0.4, -0.2) is 24.7 Å². The lowest BCUT2D eigenvalue weighted by atomic mass is 10.1. The SMILES string of the molecule is Clc1nc2ccccc2cc1[C@@H]1COCCN1. The minimum atomic E-state index is 0.147. The molecule has 0 unspecified atom stereocenters. The van der Waals surface area contributed by atoms with Crippen LogP contribution < -0.4 is 5.32 Å². The van der Waals surface area contributed by atoms with E-state index >= 15 is 0 Å². The van der Waals surface area contributed by atoms with Gasteiger partial charge in [0.15, 0.2) is 0 Å². The highest BCUT2D eigenvalue weighted by Gasteiger charge is 2.19. The molecule has 0 amide bonds. The fourth-order valence-corrected chi connectivity index (χ4v) is 2.40. The lowest BCUT2D eigenvalue weighted by Crippen LogP contribution is -2.34. The number of fused-ring (bicyclic) bond motifs is 1. The minimum Gasteiger partial charge on any atom is -0.378 e. The van der Waals surface area contributed by atoms with Crippen molar-refractivity contribution in [3.63, 3.8) is 0 Å². The third kappa shape index (κ3) is 2.14. The van der Waals surface area contributed by atoms with Crippen LogP contribution in [0.5, 0.6) is 0 Å². The summed E-state index contributed by atoms with van der Waals surface area (Å²) in [6, 6.07) is 10.2. The quantitative estimate of drug-likeness (QED) is 0.788. The first-order valence-corrected chi connectivity index (χ1v) is 6.09. The largest absolute Gasteiger partial charge is 0.378 e. The molecule has 1 N–H and O–H groups in total. The number of morpholine rings is 1. The number of pyridine rings is 1. The molecule has 2 heterocycles. The van der Waals surface area contributed by atoms with Crippen molar-refractivity contribution in [2.24, 2.45) is 0 Å². The minimum absolute atomic E-state index is 0.147. The van der Waals surface area contributed by atoms with Crippen LogP contribution in [0.3, 0.4) is 0 Å². The fraction of sp³-hybridized carbons (Fsp3) is 0.308. The molecule has 0 spiro atoms. The summed E-state index contributed by atoms with van der Waals surface area (Å²) in [5.74, 6) is 0. The Morgan fingerprint density at radius 2 is 2.24 bits per heavy atom. The zero-order valence-corrected chi connectivity index (χ0v) is 10.1. The van der Waals surface area contributed by atoms with Crippen molar-refractivity contribution in [3.05, 3.63) is 41.0 Å². The molecule has 1 saturated heterocycles. The molecular weight excluding hydrogens is 236 g/mol. The second-order valence-corrected chi connectivity index (χ2v) is 4.50. The summed E-state index contributed by atoms with van der Waals surface area (Å²) in [5, 5.41) is 5.06. The van der Waals surface area contributed by atoms with E-state index in [-0.39, 0.29) is 6.04 Å². The van der Waals surface area contributed by atoms with Gasteiger partial charge in [-0.2, -0.15) is 0 Å². The maximum absolute atomic E-state index is 6.23. The van der Waals surface area contributed by atoms with Crippen molar-refractivity contribution in [1.82, 2.24) is 10.3 Å². The molecule has 1 aliphatic rings. The summed E-state index contributed by atoms with van der Waals surface area (Å²) in [7, 11) is 0. The molecule has 0 saturated carbocycles. The summed E-state index contributed by atoms with van der Waals surface area (Å²) in [4.78, 5) is 4.42. The highest BCUT2D eigenvalue weighted by Crippen LogP contribution is 2.26. The Morgan fingerprint density at radius 3 is 3.06 bits per heavy atom. The van der Waals surface area contributed by atoms with Crippen LogP contribution in [0, 0.1) is 0 Å². The topological polar surface area (TPSA) is 34.1 Å². The lowest BCUT2D eigenvalue weighted by Gasteiger charge is -2.24. The van der Waals surface area contributed by atoms with Crippen LogP contribution in [0.25, 0.3) is 10.9 Å². The predicted molar refractivity (Wildman–Crippen MR) is 68.3 cm³/mol. The average molecular weight is 249 g/mol. The number of para-hydroxylation sites is 1. The number of rotatable bonds is 1. The number of aromatic nitrogens is 1. The number of benzene rings is 1. The van der Waals surface area contributed by atoms with E-state index in [1.54, 1.807) is 0 Å². The molecule has 1 atom stereocenters. The lowest BCUT2D eigenvalue weighted by molar-refractivity contribution is 0.0768. The average Bonchev–Trinajstić information content (AvgIpc) is 2.39. The van der Waals surface area contributed by atoms with Crippen molar-refractivity contribution in [2.45, 2.75) is 6.04 Å². The maximum Gasteiger partial charge on any atom is 0.134 e. The first-order chi connectivity index (χ1) is 8.34. The molecule has 3 rings (SSSR count). The number of halogens is 1. The Bertz CT molecular complexity index is 538. The van der Waals surface area contributed by atoms with Gasteiger partial charge >= 0.3 is 0 Å². The van der Waals surface area contributed by atoms with Gasteiger partial charge < -0.3 is 10.1 Å². The third-order valence-corrected chi connectivity index (χ3v) is 3.30. The van der Waals surface area contributed by atoms with Gasteiger partial charge in [-0.3, -0.25) is 0 Å². The van der Waals surface area contributed by atoms with Crippen LogP contribution in [0.2, 0.25) is 5.15 Å². The molecule has 2 aromatic rings. The van der Waals surface area contributed by atoms with E-state index < -0.39 is 0 Å². The molecule has 17 heavy (non-hydrogen) atoms. The molecule has 0 radical (unpaired) electrons. The van der Waals surface area contributed by atoms with Crippen molar-refractivity contribution < 1.29 is 4.74 Å². The monoisotopic (exact) mass is 248 g/mol. The summed E-state index contributed by atoms with van der Waals surface area (Å²) in [6.07, 6.45) is 0. The summed E-state index contributed by atoms with van der Waals surface area (Å²) < 4.78 is 5.45. The van der Waals surface area contributed by atoms with Crippen molar-refractivity contribution in [1.29, 1.82) is 0 Å². The first-order valence-electron chi connectivity index (χ1n) is 5.71. The Labute approximate surface area is 105 Å². The number of hydrogen-bond donors (Lipinski definition) is 1. The fourth-order valence-electron chi connectivity index (χ4n) is 2.12. The highest BCUT2D eigenvalue weighted by atomic mass is 35.5. The van der Waals surface area contributed by atoms with E-state index in [1.165, 1.54) is 0 Å². The highest BCUT2D eigenvalue weighted by molar-refractivity contribution is 6.30. The van der Waals surface area contributed by atoms with E-state index in [9.17, 15) is 0 Å². The molecule has 1 aliphatic heterocycles. The van der Waals surface area contributed by atoms with Gasteiger partial charge in [-0.25, -0.2) is 4.98 Å². The van der Waals surface area contributed by atoms with Crippen LogP contribution in [0.15, 0.2) is 30.3 Å². The first kappa shape index (κ1) is 11.0. The van der Waals surface area contributed by atoms with E-state index in [1.807, 2.05) is 24.3 Å². The zero-order valence-electron chi connectivity index (χ0n) is 9.32. The van der Waals surface area contributed by atoms with Gasteiger partial charge in [0.2, 0.25) is 0 Å².